The highest BCUT2D eigenvalue weighted by Gasteiger charge is 2.07. The van der Waals surface area contributed by atoms with Gasteiger partial charge in [-0.1, -0.05) is 6.92 Å². The zero-order valence-corrected chi connectivity index (χ0v) is 11.6. The SMILES string of the molecule is CCc1cc2c(NCCC(C)Cl)ncnc2s1. The number of fused-ring (bicyclic) bond motifs is 1. The van der Waals surface area contributed by atoms with Crippen LogP contribution >= 0.6 is 22.9 Å². The van der Waals surface area contributed by atoms with Crippen LogP contribution in [-0.2, 0) is 6.42 Å². The molecule has 2 heterocycles. The van der Waals surface area contributed by atoms with E-state index in [0.29, 0.717) is 0 Å². The first-order valence-corrected chi connectivity index (χ1v) is 7.07. The molecule has 1 N–H and O–H groups in total. The van der Waals surface area contributed by atoms with Gasteiger partial charge in [-0.25, -0.2) is 9.97 Å². The predicted octanol–water partition coefficient (Wildman–Crippen LogP) is 3.68. The third kappa shape index (κ3) is 3.07. The van der Waals surface area contributed by atoms with Crippen molar-refractivity contribution in [2.24, 2.45) is 0 Å². The minimum absolute atomic E-state index is 0.188. The van der Waals surface area contributed by atoms with E-state index in [4.69, 9.17) is 11.6 Å². The Morgan fingerprint density at radius 2 is 2.29 bits per heavy atom. The molecular formula is C12H16ClN3S. The summed E-state index contributed by atoms with van der Waals surface area (Å²) < 4.78 is 0. The number of nitrogens with one attached hydrogen (secondary N) is 1. The fourth-order valence-corrected chi connectivity index (χ4v) is 2.65. The number of aromatic nitrogens is 2. The van der Waals surface area contributed by atoms with Crippen molar-refractivity contribution in [3.05, 3.63) is 17.3 Å². The minimum Gasteiger partial charge on any atom is -0.369 e. The van der Waals surface area contributed by atoms with Gasteiger partial charge in [0, 0.05) is 16.8 Å². The summed E-state index contributed by atoms with van der Waals surface area (Å²) in [5, 5.41) is 4.64. The molecule has 0 aromatic carbocycles. The first kappa shape index (κ1) is 12.6. The lowest BCUT2D eigenvalue weighted by molar-refractivity contribution is 0.840. The van der Waals surface area contributed by atoms with E-state index in [1.807, 2.05) is 6.92 Å². The van der Waals surface area contributed by atoms with Crippen LogP contribution < -0.4 is 5.32 Å². The van der Waals surface area contributed by atoms with Crippen molar-refractivity contribution in [2.45, 2.75) is 32.1 Å². The monoisotopic (exact) mass is 269 g/mol. The molecule has 2 rings (SSSR count). The first-order valence-electron chi connectivity index (χ1n) is 5.82. The molecule has 17 heavy (non-hydrogen) atoms. The van der Waals surface area contributed by atoms with Crippen molar-refractivity contribution in [3.8, 4) is 0 Å². The van der Waals surface area contributed by atoms with E-state index in [1.165, 1.54) is 4.88 Å². The van der Waals surface area contributed by atoms with Gasteiger partial charge in [-0.15, -0.1) is 22.9 Å². The number of aryl methyl sites for hydroxylation is 1. The van der Waals surface area contributed by atoms with Crippen LogP contribution in [0, 0.1) is 0 Å². The van der Waals surface area contributed by atoms with Crippen molar-refractivity contribution in [1.29, 1.82) is 0 Å². The molecule has 2 aromatic heterocycles. The summed E-state index contributed by atoms with van der Waals surface area (Å²) in [4.78, 5) is 11.0. The van der Waals surface area contributed by atoms with Crippen LogP contribution in [0.2, 0.25) is 0 Å². The van der Waals surface area contributed by atoms with Gasteiger partial charge in [0.05, 0.1) is 5.39 Å². The van der Waals surface area contributed by atoms with Crippen LogP contribution in [0.15, 0.2) is 12.4 Å². The van der Waals surface area contributed by atoms with Gasteiger partial charge in [-0.05, 0) is 25.8 Å². The zero-order chi connectivity index (χ0) is 12.3. The largest absolute Gasteiger partial charge is 0.369 e. The Bertz CT molecular complexity index is 495. The lowest BCUT2D eigenvalue weighted by Crippen LogP contribution is -2.07. The maximum atomic E-state index is 5.92. The molecule has 0 aliphatic carbocycles. The molecular weight excluding hydrogens is 254 g/mol. The molecule has 0 spiro atoms. The van der Waals surface area contributed by atoms with E-state index in [9.17, 15) is 0 Å². The Balaban J connectivity index is 2.18. The molecule has 1 atom stereocenters. The molecule has 0 bridgehead atoms. The third-order valence-electron chi connectivity index (χ3n) is 2.56. The van der Waals surface area contributed by atoms with Gasteiger partial charge in [-0.2, -0.15) is 0 Å². The van der Waals surface area contributed by atoms with Crippen molar-refractivity contribution >= 4 is 39.0 Å². The second kappa shape index (κ2) is 5.65. The fourth-order valence-electron chi connectivity index (χ4n) is 1.61. The Labute approximate surface area is 110 Å². The summed E-state index contributed by atoms with van der Waals surface area (Å²) in [6.07, 6.45) is 3.59. The quantitative estimate of drug-likeness (QED) is 0.842. The maximum absolute atomic E-state index is 5.92. The fraction of sp³-hybridized carbons (Fsp3) is 0.500. The Morgan fingerprint density at radius 1 is 1.47 bits per heavy atom. The Kier molecular flexibility index (Phi) is 4.18. The number of nitrogens with zero attached hydrogens (tertiary/aromatic N) is 2. The molecule has 0 saturated carbocycles. The van der Waals surface area contributed by atoms with Crippen molar-refractivity contribution < 1.29 is 0 Å². The van der Waals surface area contributed by atoms with Gasteiger partial charge in [0.2, 0.25) is 0 Å². The van der Waals surface area contributed by atoms with Crippen LogP contribution in [0.4, 0.5) is 5.82 Å². The topological polar surface area (TPSA) is 37.8 Å². The second-order valence-electron chi connectivity index (χ2n) is 4.00. The number of rotatable bonds is 5. The summed E-state index contributed by atoms with van der Waals surface area (Å²) in [5.74, 6) is 0.920. The average molecular weight is 270 g/mol. The zero-order valence-electron chi connectivity index (χ0n) is 10.0. The molecule has 92 valence electrons. The minimum atomic E-state index is 0.188. The predicted molar refractivity (Wildman–Crippen MR) is 75.2 cm³/mol. The van der Waals surface area contributed by atoms with E-state index in [2.05, 4.69) is 28.3 Å². The molecule has 5 heteroatoms. The summed E-state index contributed by atoms with van der Waals surface area (Å²) in [6, 6.07) is 2.17. The molecule has 0 aliphatic heterocycles. The highest BCUT2D eigenvalue weighted by Crippen LogP contribution is 2.28. The van der Waals surface area contributed by atoms with E-state index < -0.39 is 0 Å². The molecule has 1 unspecified atom stereocenters. The van der Waals surface area contributed by atoms with Crippen molar-refractivity contribution in [2.75, 3.05) is 11.9 Å². The van der Waals surface area contributed by atoms with Crippen LogP contribution in [0.1, 0.15) is 25.1 Å². The van der Waals surface area contributed by atoms with Gasteiger partial charge in [0.15, 0.2) is 0 Å². The van der Waals surface area contributed by atoms with Gasteiger partial charge in [0.1, 0.15) is 17.0 Å². The number of thiophene rings is 1. The number of hydrogen-bond donors (Lipinski definition) is 1. The molecule has 2 aromatic rings. The molecule has 0 radical (unpaired) electrons. The number of anilines is 1. The normalized spacial score (nSPS) is 12.9. The molecule has 0 amide bonds. The molecule has 0 saturated heterocycles. The standard InChI is InChI=1S/C12H16ClN3S/c1-3-9-6-10-11(14-5-4-8(2)13)15-7-16-12(10)17-9/h6-8H,3-5H2,1-2H3,(H,14,15,16). The van der Waals surface area contributed by atoms with E-state index in [-0.39, 0.29) is 5.38 Å². The summed E-state index contributed by atoms with van der Waals surface area (Å²) >= 11 is 7.65. The lowest BCUT2D eigenvalue weighted by atomic mass is 10.3. The molecule has 0 fully saturated rings. The lowest BCUT2D eigenvalue weighted by Gasteiger charge is -2.06. The summed E-state index contributed by atoms with van der Waals surface area (Å²) in [7, 11) is 0. The van der Waals surface area contributed by atoms with Crippen LogP contribution in [0.25, 0.3) is 10.2 Å². The summed E-state index contributed by atoms with van der Waals surface area (Å²) in [5.41, 5.74) is 0. The number of halogens is 1. The van der Waals surface area contributed by atoms with Gasteiger partial charge >= 0.3 is 0 Å². The maximum Gasteiger partial charge on any atom is 0.138 e. The third-order valence-corrected chi connectivity index (χ3v) is 3.97. The Morgan fingerprint density at radius 3 is 3.00 bits per heavy atom. The van der Waals surface area contributed by atoms with Gasteiger partial charge < -0.3 is 5.32 Å². The number of alkyl halides is 1. The smallest absolute Gasteiger partial charge is 0.138 e. The van der Waals surface area contributed by atoms with Crippen LogP contribution in [0.3, 0.4) is 0 Å². The van der Waals surface area contributed by atoms with Crippen molar-refractivity contribution in [1.82, 2.24) is 9.97 Å². The number of hydrogen-bond acceptors (Lipinski definition) is 4. The van der Waals surface area contributed by atoms with E-state index >= 15 is 0 Å². The van der Waals surface area contributed by atoms with Gasteiger partial charge in [-0.3, -0.25) is 0 Å². The summed E-state index contributed by atoms with van der Waals surface area (Å²) in [6.45, 7) is 4.99. The van der Waals surface area contributed by atoms with Crippen LogP contribution in [-0.4, -0.2) is 21.9 Å². The average Bonchev–Trinajstić information content (AvgIpc) is 2.72. The highest BCUT2D eigenvalue weighted by molar-refractivity contribution is 7.18. The van der Waals surface area contributed by atoms with E-state index in [0.717, 1.165) is 35.4 Å². The van der Waals surface area contributed by atoms with Crippen LogP contribution in [0.5, 0.6) is 0 Å². The van der Waals surface area contributed by atoms with E-state index in [1.54, 1.807) is 17.7 Å². The molecule has 0 aliphatic rings. The first-order chi connectivity index (χ1) is 8.20. The second-order valence-corrected chi connectivity index (χ2v) is 5.86. The molecule has 3 nitrogen and oxygen atoms in total. The highest BCUT2D eigenvalue weighted by atomic mass is 35.5. The Hall–Kier alpha value is -0.870. The van der Waals surface area contributed by atoms with Crippen molar-refractivity contribution in [3.63, 3.8) is 0 Å². The van der Waals surface area contributed by atoms with Gasteiger partial charge in [0.25, 0.3) is 0 Å².